The Balaban J connectivity index is 2.06. The number of hydrogen-bond acceptors (Lipinski definition) is 1. The Kier molecular flexibility index (Phi) is 3.31. The van der Waals surface area contributed by atoms with Crippen LogP contribution in [0.1, 0.15) is 18.4 Å². The molecule has 0 spiro atoms. The predicted octanol–water partition coefficient (Wildman–Crippen LogP) is 4.18. The van der Waals surface area contributed by atoms with Gasteiger partial charge in [0.25, 0.3) is 0 Å². The number of benzene rings is 1. The van der Waals surface area contributed by atoms with Crippen LogP contribution >= 0.6 is 23.2 Å². The van der Waals surface area contributed by atoms with Crippen molar-refractivity contribution in [2.75, 3.05) is 0 Å². The highest BCUT2D eigenvalue weighted by molar-refractivity contribution is 6.33. The van der Waals surface area contributed by atoms with Crippen LogP contribution in [0.4, 0.5) is 13.2 Å². The Hall–Kier alpha value is -0.450. The Morgan fingerprint density at radius 2 is 1.88 bits per heavy atom. The minimum absolute atomic E-state index is 0.0684. The first-order valence-corrected chi connectivity index (χ1v) is 5.85. The highest BCUT2D eigenvalue weighted by Gasteiger charge is 2.62. The van der Waals surface area contributed by atoms with E-state index < -0.39 is 11.7 Å². The van der Waals surface area contributed by atoms with Gasteiger partial charge in [-0.25, -0.2) is 0 Å². The lowest BCUT2D eigenvalue weighted by Gasteiger charge is -2.21. The fourth-order valence-corrected chi connectivity index (χ4v) is 2.01. The van der Waals surface area contributed by atoms with Crippen molar-refractivity contribution in [1.82, 2.24) is 5.32 Å². The van der Waals surface area contributed by atoms with E-state index in [4.69, 9.17) is 23.2 Å². The van der Waals surface area contributed by atoms with E-state index in [0.29, 0.717) is 15.6 Å². The second kappa shape index (κ2) is 4.34. The molecule has 2 rings (SSSR count). The molecule has 1 N–H and O–H groups in total. The third-order valence-corrected chi connectivity index (χ3v) is 3.52. The van der Waals surface area contributed by atoms with Gasteiger partial charge in [-0.2, -0.15) is 13.2 Å². The Labute approximate surface area is 107 Å². The number of hydrogen-bond donors (Lipinski definition) is 1. The van der Waals surface area contributed by atoms with Gasteiger partial charge < -0.3 is 0 Å². The van der Waals surface area contributed by atoms with E-state index in [0.717, 1.165) is 0 Å². The monoisotopic (exact) mass is 283 g/mol. The van der Waals surface area contributed by atoms with Crippen LogP contribution in [-0.2, 0) is 6.54 Å². The van der Waals surface area contributed by atoms with E-state index in [1.165, 1.54) is 0 Å². The molecular formula is C11H10Cl2F3N. The molecule has 0 bridgehead atoms. The first kappa shape index (κ1) is 13.0. The van der Waals surface area contributed by atoms with Gasteiger partial charge >= 0.3 is 6.18 Å². The summed E-state index contributed by atoms with van der Waals surface area (Å²) in [6, 6.07) is 4.75. The van der Waals surface area contributed by atoms with Gasteiger partial charge in [-0.05, 0) is 36.6 Å². The van der Waals surface area contributed by atoms with Gasteiger partial charge in [0, 0.05) is 16.6 Å². The molecule has 0 atom stereocenters. The minimum Gasteiger partial charge on any atom is -0.299 e. The smallest absolute Gasteiger partial charge is 0.299 e. The van der Waals surface area contributed by atoms with Gasteiger partial charge in [0.1, 0.15) is 5.54 Å². The molecule has 0 radical (unpaired) electrons. The van der Waals surface area contributed by atoms with Crippen LogP contribution in [-0.4, -0.2) is 11.7 Å². The molecule has 0 heterocycles. The Bertz CT molecular complexity index is 427. The molecule has 0 unspecified atom stereocenters. The van der Waals surface area contributed by atoms with Crippen LogP contribution in [0, 0.1) is 0 Å². The van der Waals surface area contributed by atoms with E-state index in [1.807, 2.05) is 0 Å². The summed E-state index contributed by atoms with van der Waals surface area (Å²) in [6.45, 7) is 0.0684. The Morgan fingerprint density at radius 3 is 2.41 bits per heavy atom. The van der Waals surface area contributed by atoms with E-state index in [1.54, 1.807) is 18.2 Å². The predicted molar refractivity (Wildman–Crippen MR) is 61.3 cm³/mol. The summed E-state index contributed by atoms with van der Waals surface area (Å²) in [6.07, 6.45) is -3.97. The molecule has 0 amide bonds. The van der Waals surface area contributed by atoms with E-state index >= 15 is 0 Å². The van der Waals surface area contributed by atoms with Crippen LogP contribution in [0.3, 0.4) is 0 Å². The molecule has 1 aliphatic rings. The van der Waals surface area contributed by atoms with Gasteiger partial charge in [0.2, 0.25) is 0 Å². The number of nitrogens with one attached hydrogen (secondary N) is 1. The molecule has 17 heavy (non-hydrogen) atoms. The lowest BCUT2D eigenvalue weighted by Crippen LogP contribution is -2.44. The molecule has 0 aliphatic heterocycles. The molecule has 1 saturated carbocycles. The van der Waals surface area contributed by atoms with Crippen LogP contribution in [0.5, 0.6) is 0 Å². The van der Waals surface area contributed by atoms with Crippen LogP contribution in [0.2, 0.25) is 10.0 Å². The third-order valence-electron chi connectivity index (χ3n) is 2.92. The standard InChI is InChI=1S/C11H10Cl2F3N/c12-8-1-2-9(13)7(5-8)6-17-10(3-4-10)11(14,15)16/h1-2,5,17H,3-4,6H2. The van der Waals surface area contributed by atoms with Crippen molar-refractivity contribution >= 4 is 23.2 Å². The molecule has 1 aliphatic carbocycles. The Morgan fingerprint density at radius 1 is 1.24 bits per heavy atom. The molecule has 94 valence electrons. The maximum absolute atomic E-state index is 12.7. The number of rotatable bonds is 3. The zero-order valence-corrected chi connectivity index (χ0v) is 10.3. The van der Waals surface area contributed by atoms with Crippen LogP contribution in [0.25, 0.3) is 0 Å². The summed E-state index contributed by atoms with van der Waals surface area (Å²) < 4.78 is 38.0. The summed E-state index contributed by atoms with van der Waals surface area (Å²) >= 11 is 11.6. The van der Waals surface area contributed by atoms with Crippen molar-refractivity contribution in [3.63, 3.8) is 0 Å². The quantitative estimate of drug-likeness (QED) is 0.878. The normalized spacial score (nSPS) is 18.2. The van der Waals surface area contributed by atoms with Gasteiger partial charge in [0.05, 0.1) is 0 Å². The van der Waals surface area contributed by atoms with Crippen molar-refractivity contribution < 1.29 is 13.2 Å². The lowest BCUT2D eigenvalue weighted by atomic mass is 10.2. The van der Waals surface area contributed by atoms with Crippen LogP contribution < -0.4 is 5.32 Å². The van der Waals surface area contributed by atoms with E-state index in [-0.39, 0.29) is 19.4 Å². The summed E-state index contributed by atoms with van der Waals surface area (Å²) in [5, 5.41) is 3.40. The highest BCUT2D eigenvalue weighted by atomic mass is 35.5. The lowest BCUT2D eigenvalue weighted by molar-refractivity contribution is -0.166. The molecule has 1 aromatic rings. The zero-order chi connectivity index (χ0) is 12.7. The molecule has 0 aromatic heterocycles. The fraction of sp³-hybridized carbons (Fsp3) is 0.455. The summed E-state index contributed by atoms with van der Waals surface area (Å²) in [4.78, 5) is 0. The number of alkyl halides is 3. The van der Waals surface area contributed by atoms with Crippen LogP contribution in [0.15, 0.2) is 18.2 Å². The van der Waals surface area contributed by atoms with Crippen molar-refractivity contribution in [1.29, 1.82) is 0 Å². The molecule has 1 nitrogen and oxygen atoms in total. The SMILES string of the molecule is FC(F)(F)C1(NCc2cc(Cl)ccc2Cl)CC1. The maximum Gasteiger partial charge on any atom is 0.406 e. The highest BCUT2D eigenvalue weighted by Crippen LogP contribution is 2.49. The van der Waals surface area contributed by atoms with E-state index in [9.17, 15) is 13.2 Å². The second-order valence-corrected chi connectivity index (χ2v) is 5.01. The average molecular weight is 284 g/mol. The first-order valence-electron chi connectivity index (χ1n) is 5.10. The van der Waals surface area contributed by atoms with Crippen molar-refractivity contribution in [3.05, 3.63) is 33.8 Å². The van der Waals surface area contributed by atoms with Crippen molar-refractivity contribution in [2.24, 2.45) is 0 Å². The molecule has 1 aromatic carbocycles. The molecule has 1 fully saturated rings. The molecular weight excluding hydrogens is 274 g/mol. The zero-order valence-electron chi connectivity index (χ0n) is 8.74. The third kappa shape index (κ3) is 2.69. The molecule has 0 saturated heterocycles. The van der Waals surface area contributed by atoms with Gasteiger partial charge in [-0.15, -0.1) is 0 Å². The van der Waals surface area contributed by atoms with Gasteiger partial charge in [-0.1, -0.05) is 23.2 Å². The average Bonchev–Trinajstić information content (AvgIpc) is 2.99. The topological polar surface area (TPSA) is 12.0 Å². The second-order valence-electron chi connectivity index (χ2n) is 4.17. The van der Waals surface area contributed by atoms with Crippen molar-refractivity contribution in [3.8, 4) is 0 Å². The van der Waals surface area contributed by atoms with Crippen molar-refractivity contribution in [2.45, 2.75) is 31.1 Å². The summed E-state index contributed by atoms with van der Waals surface area (Å²) in [5.74, 6) is 0. The summed E-state index contributed by atoms with van der Waals surface area (Å²) in [7, 11) is 0. The fourth-order valence-electron chi connectivity index (χ4n) is 1.63. The summed E-state index contributed by atoms with van der Waals surface area (Å²) in [5.41, 5.74) is -1.15. The van der Waals surface area contributed by atoms with E-state index in [2.05, 4.69) is 5.32 Å². The minimum atomic E-state index is -4.21. The van der Waals surface area contributed by atoms with Gasteiger partial charge in [0.15, 0.2) is 0 Å². The maximum atomic E-state index is 12.7. The molecule has 6 heteroatoms. The first-order chi connectivity index (χ1) is 7.84. The largest absolute Gasteiger partial charge is 0.406 e. The number of halogens is 5. The van der Waals surface area contributed by atoms with Gasteiger partial charge in [-0.3, -0.25) is 5.32 Å².